The molecule has 4 heterocycles. The van der Waals surface area contributed by atoms with E-state index in [0.29, 0.717) is 22.3 Å². The number of sulfonamides is 1. The molecule has 2 saturated heterocycles. The van der Waals surface area contributed by atoms with Gasteiger partial charge in [-0.2, -0.15) is 0 Å². The van der Waals surface area contributed by atoms with E-state index in [9.17, 15) is 18.0 Å². The van der Waals surface area contributed by atoms with Gasteiger partial charge >= 0.3 is 0 Å². The molecular weight excluding hydrogens is 637 g/mol. The molecule has 0 saturated carbocycles. The van der Waals surface area contributed by atoms with E-state index in [0.717, 1.165) is 22.0 Å². The molecule has 7 rings (SSSR count). The Morgan fingerprint density at radius 1 is 0.771 bits per heavy atom. The predicted octanol–water partition coefficient (Wildman–Crippen LogP) is 6.95. The molecule has 48 heavy (non-hydrogen) atoms. The largest absolute Gasteiger partial charge is 0.373 e. The van der Waals surface area contributed by atoms with Crippen molar-refractivity contribution < 1.29 is 18.0 Å². The molecule has 4 atom stereocenters. The molecule has 0 unspecified atom stereocenters. The van der Waals surface area contributed by atoms with Gasteiger partial charge in [0.05, 0.1) is 16.0 Å². The van der Waals surface area contributed by atoms with E-state index < -0.39 is 41.9 Å². The number of nitrogens with zero attached hydrogens (tertiary/aromatic N) is 4. The van der Waals surface area contributed by atoms with Crippen molar-refractivity contribution in [1.29, 1.82) is 0 Å². The van der Waals surface area contributed by atoms with Gasteiger partial charge in [0.1, 0.15) is 18.2 Å². The summed E-state index contributed by atoms with van der Waals surface area (Å²) >= 11 is 0. The van der Waals surface area contributed by atoms with Crippen LogP contribution in [0.2, 0.25) is 16.6 Å². The monoisotopic (exact) mass is 682 g/mol. The molecule has 1 aromatic heterocycles. The Morgan fingerprint density at radius 2 is 1.35 bits per heavy atom. The van der Waals surface area contributed by atoms with Crippen molar-refractivity contribution in [1.82, 2.24) is 14.0 Å². The van der Waals surface area contributed by atoms with Crippen LogP contribution in [0.15, 0.2) is 90.0 Å². The number of carbonyl (C=O) groups is 2. The van der Waals surface area contributed by atoms with E-state index in [2.05, 4.69) is 70.2 Å². The lowest BCUT2D eigenvalue weighted by atomic mass is 9.72. The maximum atomic E-state index is 14.9. The summed E-state index contributed by atoms with van der Waals surface area (Å²) in [5, 5.41) is 1.04. The van der Waals surface area contributed by atoms with Crippen molar-refractivity contribution in [2.24, 2.45) is 0 Å². The number of benzene rings is 3. The molecule has 4 aromatic rings. The van der Waals surface area contributed by atoms with Gasteiger partial charge in [0.2, 0.25) is 11.8 Å². The first-order valence-electron chi connectivity index (χ1n) is 17.1. The standard InChI is InChI=1S/C38H46N4O4SSi/c1-24(2)48(25(3)4,26(5)6)40-23-31(29-18-12-14-20-32(29)40)38-22-34-36(44)39(8)27(7)35(43)41(34)37(38)42(33-21-15-13-19-30(33)38)47(45,46)28-16-10-9-11-17-28/h9-21,23-27,34,37H,22H2,1-8H3/t27-,34-,37-,38+/m0/s1. The average molecular weight is 683 g/mol. The Morgan fingerprint density at radius 3 is 2.00 bits per heavy atom. The van der Waals surface area contributed by atoms with Gasteiger partial charge in [-0.15, -0.1) is 0 Å². The Bertz CT molecular complexity index is 2020. The summed E-state index contributed by atoms with van der Waals surface area (Å²) < 4.78 is 33.9. The van der Waals surface area contributed by atoms with Gasteiger partial charge in [-0.05, 0) is 65.4 Å². The SMILES string of the molecule is CC(C)[Si](C(C)C)(C(C)C)n1cc([C@]23C[C@H]4C(=O)N(C)[C@@H](C)C(=O)N4[C@H]2N(S(=O)(=O)c2ccccc2)c2ccccc23)c2ccccc21. The quantitative estimate of drug-likeness (QED) is 0.198. The van der Waals surface area contributed by atoms with Gasteiger partial charge in [-0.3, -0.25) is 9.59 Å². The van der Waals surface area contributed by atoms with Gasteiger partial charge in [-0.25, -0.2) is 12.7 Å². The van der Waals surface area contributed by atoms with E-state index in [-0.39, 0.29) is 23.1 Å². The van der Waals surface area contributed by atoms with Crippen molar-refractivity contribution in [2.45, 2.75) is 100 Å². The van der Waals surface area contributed by atoms with Gasteiger partial charge < -0.3 is 14.0 Å². The molecule has 8 nitrogen and oxygen atoms in total. The van der Waals surface area contributed by atoms with E-state index in [4.69, 9.17) is 0 Å². The van der Waals surface area contributed by atoms with Crippen molar-refractivity contribution in [2.75, 3.05) is 11.4 Å². The highest BCUT2D eigenvalue weighted by Crippen LogP contribution is 2.61. The third-order valence-corrected chi connectivity index (χ3v) is 20.4. The van der Waals surface area contributed by atoms with Crippen LogP contribution in [0.3, 0.4) is 0 Å². The molecule has 10 heteroatoms. The fourth-order valence-corrected chi connectivity index (χ4v) is 18.3. The van der Waals surface area contributed by atoms with Gasteiger partial charge in [0.25, 0.3) is 10.0 Å². The minimum atomic E-state index is -4.17. The highest BCUT2D eigenvalue weighted by atomic mass is 32.2. The molecule has 0 aliphatic carbocycles. The van der Waals surface area contributed by atoms with Crippen LogP contribution >= 0.6 is 0 Å². The third-order valence-electron chi connectivity index (χ3n) is 11.9. The number of hydrogen-bond donors (Lipinski definition) is 0. The normalized spacial score (nSPS) is 24.3. The number of aromatic nitrogens is 1. The third kappa shape index (κ3) is 4.02. The summed E-state index contributed by atoms with van der Waals surface area (Å²) in [6.45, 7) is 15.8. The van der Waals surface area contributed by atoms with Crippen molar-refractivity contribution in [3.8, 4) is 0 Å². The second-order valence-corrected chi connectivity index (χ2v) is 22.4. The van der Waals surface area contributed by atoms with E-state index in [1.165, 1.54) is 9.21 Å². The molecule has 0 radical (unpaired) electrons. The van der Waals surface area contributed by atoms with Crippen LogP contribution < -0.4 is 4.31 Å². The van der Waals surface area contributed by atoms with E-state index >= 15 is 0 Å². The van der Waals surface area contributed by atoms with Crippen molar-refractivity contribution >= 4 is 46.7 Å². The van der Waals surface area contributed by atoms with Gasteiger partial charge in [0.15, 0.2) is 8.24 Å². The van der Waals surface area contributed by atoms with Crippen LogP contribution in [0.4, 0.5) is 5.69 Å². The first kappa shape index (κ1) is 32.6. The highest BCUT2D eigenvalue weighted by molar-refractivity contribution is 7.93. The number of fused-ring (bicyclic) bond motifs is 6. The number of hydrogen-bond acceptors (Lipinski definition) is 4. The van der Waals surface area contributed by atoms with Crippen LogP contribution in [0.1, 0.15) is 66.0 Å². The average Bonchev–Trinajstić information content (AvgIpc) is 3.70. The summed E-state index contributed by atoms with van der Waals surface area (Å²) in [6, 6.07) is 23.0. The summed E-state index contributed by atoms with van der Waals surface area (Å²) in [6.07, 6.45) is 1.62. The van der Waals surface area contributed by atoms with Crippen molar-refractivity contribution in [3.63, 3.8) is 0 Å². The number of rotatable bonds is 7. The Hall–Kier alpha value is -3.89. The summed E-state index contributed by atoms with van der Waals surface area (Å²) in [5.74, 6) is -0.404. The van der Waals surface area contributed by atoms with Crippen LogP contribution in [0, 0.1) is 0 Å². The summed E-state index contributed by atoms with van der Waals surface area (Å²) in [7, 11) is -4.80. The lowest BCUT2D eigenvalue weighted by Gasteiger charge is -2.45. The maximum Gasteiger partial charge on any atom is 0.266 e. The minimum Gasteiger partial charge on any atom is -0.373 e. The Labute approximate surface area is 285 Å². The minimum absolute atomic E-state index is 0.147. The number of carbonyl (C=O) groups excluding carboxylic acids is 2. The molecule has 0 spiro atoms. The summed E-state index contributed by atoms with van der Waals surface area (Å²) in [5.41, 5.74) is 3.70. The zero-order valence-corrected chi connectivity index (χ0v) is 30.9. The molecule has 0 N–H and O–H groups in total. The first-order valence-corrected chi connectivity index (χ1v) is 20.7. The fourth-order valence-electron chi connectivity index (χ4n) is 9.99. The maximum absolute atomic E-state index is 14.9. The smallest absolute Gasteiger partial charge is 0.266 e. The van der Waals surface area contributed by atoms with E-state index in [1.807, 2.05) is 30.3 Å². The fraction of sp³-hybridized carbons (Fsp3) is 0.421. The second kappa shape index (κ2) is 11.1. The van der Waals surface area contributed by atoms with Crippen LogP contribution in [0.5, 0.6) is 0 Å². The Balaban J connectivity index is 1.61. The molecular formula is C38H46N4O4SSi. The van der Waals surface area contributed by atoms with Gasteiger partial charge in [0, 0.05) is 24.1 Å². The molecule has 3 aliphatic heterocycles. The molecule has 2 amide bonds. The number of para-hydroxylation sites is 2. The highest BCUT2D eigenvalue weighted by Gasteiger charge is 2.69. The molecule has 252 valence electrons. The van der Waals surface area contributed by atoms with Crippen LogP contribution in [0.25, 0.3) is 10.9 Å². The zero-order chi connectivity index (χ0) is 34.5. The second-order valence-electron chi connectivity index (χ2n) is 14.8. The number of likely N-dealkylation sites (N-methyl/N-ethyl adjacent to an activating group) is 1. The molecule has 0 bridgehead atoms. The number of amides is 2. The topological polar surface area (TPSA) is 82.9 Å². The number of anilines is 1. The molecule has 3 aromatic carbocycles. The zero-order valence-electron chi connectivity index (χ0n) is 29.1. The Kier molecular flexibility index (Phi) is 7.53. The van der Waals surface area contributed by atoms with Crippen LogP contribution in [-0.2, 0) is 25.0 Å². The van der Waals surface area contributed by atoms with Crippen molar-refractivity contribution in [3.05, 3.63) is 96.2 Å². The van der Waals surface area contributed by atoms with Crippen LogP contribution in [-0.4, -0.2) is 67.8 Å². The molecule has 3 aliphatic rings. The molecule has 2 fully saturated rings. The van der Waals surface area contributed by atoms with E-state index in [1.54, 1.807) is 49.2 Å². The number of piperazine rings is 1. The van der Waals surface area contributed by atoms with Gasteiger partial charge in [-0.1, -0.05) is 96.1 Å². The summed E-state index contributed by atoms with van der Waals surface area (Å²) in [4.78, 5) is 31.9. The lowest BCUT2D eigenvalue weighted by molar-refractivity contribution is -0.158. The predicted molar refractivity (Wildman–Crippen MR) is 193 cm³/mol. The first-order chi connectivity index (χ1) is 22.7. The lowest BCUT2D eigenvalue weighted by Crippen LogP contribution is -2.65.